The zero-order valence-electron chi connectivity index (χ0n) is 11.0. The van der Waals surface area contributed by atoms with E-state index in [0.717, 1.165) is 16.8 Å². The van der Waals surface area contributed by atoms with Crippen LogP contribution >= 0.6 is 0 Å². The third-order valence-corrected chi connectivity index (χ3v) is 3.03. The van der Waals surface area contributed by atoms with E-state index in [9.17, 15) is 4.79 Å². The molecule has 0 saturated carbocycles. The van der Waals surface area contributed by atoms with Crippen molar-refractivity contribution in [2.24, 2.45) is 0 Å². The lowest BCUT2D eigenvalue weighted by Crippen LogP contribution is -1.97. The first-order valence-electron chi connectivity index (χ1n) is 6.23. The van der Waals surface area contributed by atoms with E-state index in [1.165, 1.54) is 0 Å². The lowest BCUT2D eigenvalue weighted by atomic mass is 10.1. The molecule has 6 nitrogen and oxygen atoms in total. The number of carboxylic acids is 1. The molecule has 0 amide bonds. The summed E-state index contributed by atoms with van der Waals surface area (Å²) in [6.07, 6.45) is 6.69. The predicted octanol–water partition coefficient (Wildman–Crippen LogP) is 2.21. The van der Waals surface area contributed by atoms with E-state index in [4.69, 9.17) is 10.8 Å². The number of anilines is 1. The van der Waals surface area contributed by atoms with Crippen LogP contribution in [0.5, 0.6) is 0 Å². The number of hydrogen-bond donors (Lipinski definition) is 2. The molecule has 3 rings (SSSR count). The van der Waals surface area contributed by atoms with E-state index in [2.05, 4.69) is 10.1 Å². The highest BCUT2D eigenvalue weighted by atomic mass is 16.4. The molecule has 0 radical (unpaired) electrons. The fourth-order valence-electron chi connectivity index (χ4n) is 2.02. The molecule has 0 aliphatic carbocycles. The van der Waals surface area contributed by atoms with Gasteiger partial charge in [-0.05, 0) is 23.8 Å². The number of nitrogen functional groups attached to an aromatic ring is 1. The maximum Gasteiger partial charge on any atom is 0.335 e. The molecular weight excluding hydrogens is 268 g/mol. The second-order valence-corrected chi connectivity index (χ2v) is 4.54. The maximum atomic E-state index is 11.0. The van der Waals surface area contributed by atoms with Crippen molar-refractivity contribution >= 4 is 11.7 Å². The van der Waals surface area contributed by atoms with Gasteiger partial charge in [-0.2, -0.15) is 5.10 Å². The van der Waals surface area contributed by atoms with Crippen molar-refractivity contribution in [2.45, 2.75) is 0 Å². The summed E-state index contributed by atoms with van der Waals surface area (Å²) in [5.74, 6) is -0.954. The average molecular weight is 280 g/mol. The van der Waals surface area contributed by atoms with Crippen molar-refractivity contribution in [1.82, 2.24) is 14.8 Å². The van der Waals surface area contributed by atoms with Crippen LogP contribution in [-0.4, -0.2) is 25.8 Å². The van der Waals surface area contributed by atoms with Crippen molar-refractivity contribution < 1.29 is 9.90 Å². The molecule has 3 aromatic rings. The van der Waals surface area contributed by atoms with Gasteiger partial charge in [-0.25, -0.2) is 9.48 Å². The predicted molar refractivity (Wildman–Crippen MR) is 78.2 cm³/mol. The number of rotatable bonds is 3. The van der Waals surface area contributed by atoms with Gasteiger partial charge in [-0.3, -0.25) is 4.98 Å². The van der Waals surface area contributed by atoms with Crippen LogP contribution in [0.4, 0.5) is 5.69 Å². The smallest absolute Gasteiger partial charge is 0.335 e. The Labute approximate surface area is 120 Å². The number of nitrogens with zero attached hydrogens (tertiary/aromatic N) is 3. The fourth-order valence-corrected chi connectivity index (χ4v) is 2.02. The summed E-state index contributed by atoms with van der Waals surface area (Å²) in [5.41, 5.74) is 8.85. The maximum absolute atomic E-state index is 11.0. The third kappa shape index (κ3) is 2.59. The molecule has 0 fully saturated rings. The molecule has 0 aliphatic rings. The van der Waals surface area contributed by atoms with Gasteiger partial charge in [0.05, 0.1) is 29.3 Å². The summed E-state index contributed by atoms with van der Waals surface area (Å²) in [6.45, 7) is 0. The quantitative estimate of drug-likeness (QED) is 0.767. The molecule has 0 saturated heterocycles. The molecule has 1 aromatic carbocycles. The van der Waals surface area contributed by atoms with Crippen molar-refractivity contribution in [1.29, 1.82) is 0 Å². The first-order valence-corrected chi connectivity index (χ1v) is 6.23. The first kappa shape index (κ1) is 12.9. The number of benzene rings is 1. The van der Waals surface area contributed by atoms with Gasteiger partial charge in [-0.1, -0.05) is 12.1 Å². The van der Waals surface area contributed by atoms with Crippen LogP contribution in [0.2, 0.25) is 0 Å². The van der Waals surface area contributed by atoms with Gasteiger partial charge in [0.2, 0.25) is 0 Å². The highest BCUT2D eigenvalue weighted by molar-refractivity contribution is 5.89. The van der Waals surface area contributed by atoms with E-state index in [1.807, 2.05) is 6.07 Å². The minimum absolute atomic E-state index is 0.242. The zero-order chi connectivity index (χ0) is 14.8. The number of carbonyl (C=O) groups is 1. The van der Waals surface area contributed by atoms with Gasteiger partial charge in [0.15, 0.2) is 0 Å². The van der Waals surface area contributed by atoms with Gasteiger partial charge in [0.25, 0.3) is 0 Å². The number of hydrogen-bond acceptors (Lipinski definition) is 4. The lowest BCUT2D eigenvalue weighted by Gasteiger charge is -2.01. The summed E-state index contributed by atoms with van der Waals surface area (Å²) in [7, 11) is 0. The van der Waals surface area contributed by atoms with Crippen molar-refractivity contribution in [3.63, 3.8) is 0 Å². The number of aromatic nitrogens is 3. The summed E-state index contributed by atoms with van der Waals surface area (Å²) >= 11 is 0. The van der Waals surface area contributed by atoms with E-state index in [0.29, 0.717) is 5.69 Å². The first-order chi connectivity index (χ1) is 10.1. The number of aromatic carboxylic acids is 1. The molecule has 0 unspecified atom stereocenters. The Kier molecular flexibility index (Phi) is 3.12. The van der Waals surface area contributed by atoms with Crippen molar-refractivity contribution in [3.05, 3.63) is 60.7 Å². The molecule has 104 valence electrons. The Morgan fingerprint density at radius 3 is 2.76 bits per heavy atom. The molecular formula is C15H12N4O2. The van der Waals surface area contributed by atoms with Crippen LogP contribution in [-0.2, 0) is 0 Å². The average Bonchev–Trinajstić information content (AvgIpc) is 2.97. The largest absolute Gasteiger partial charge is 0.478 e. The highest BCUT2D eigenvalue weighted by Gasteiger charge is 2.07. The Hall–Kier alpha value is -3.15. The summed E-state index contributed by atoms with van der Waals surface area (Å²) in [6, 6.07) is 8.47. The molecule has 3 N–H and O–H groups in total. The van der Waals surface area contributed by atoms with Crippen LogP contribution in [0.3, 0.4) is 0 Å². The topological polar surface area (TPSA) is 94.0 Å². The molecule has 2 aromatic heterocycles. The Morgan fingerprint density at radius 2 is 2.00 bits per heavy atom. The second kappa shape index (κ2) is 5.09. The molecule has 0 bridgehead atoms. The van der Waals surface area contributed by atoms with Crippen molar-refractivity contribution in [2.75, 3.05) is 5.73 Å². The van der Waals surface area contributed by atoms with E-state index < -0.39 is 5.97 Å². The standard InChI is InChI=1S/C15H12N4O2/c16-13-5-14(8-17-7-13)19-9-12(6-18-19)10-2-1-3-11(4-10)15(20)21/h1-9H,16H2,(H,20,21). The number of carboxylic acid groups (broad SMARTS) is 1. The van der Waals surface area contributed by atoms with Gasteiger partial charge in [0.1, 0.15) is 0 Å². The highest BCUT2D eigenvalue weighted by Crippen LogP contribution is 2.21. The van der Waals surface area contributed by atoms with Gasteiger partial charge >= 0.3 is 5.97 Å². The lowest BCUT2D eigenvalue weighted by molar-refractivity contribution is 0.0697. The zero-order valence-corrected chi connectivity index (χ0v) is 11.0. The summed E-state index contributed by atoms with van der Waals surface area (Å²) in [4.78, 5) is 15.0. The summed E-state index contributed by atoms with van der Waals surface area (Å²) < 4.78 is 1.64. The van der Waals surface area contributed by atoms with E-state index >= 15 is 0 Å². The third-order valence-electron chi connectivity index (χ3n) is 3.03. The SMILES string of the molecule is Nc1cncc(-n2cc(-c3cccc(C(=O)O)c3)cn2)c1. The van der Waals surface area contributed by atoms with Crippen LogP contribution in [0.1, 0.15) is 10.4 Å². The van der Waals surface area contributed by atoms with Crippen LogP contribution in [0.25, 0.3) is 16.8 Å². The molecule has 2 heterocycles. The Balaban J connectivity index is 1.98. The van der Waals surface area contributed by atoms with E-state index in [-0.39, 0.29) is 5.56 Å². The van der Waals surface area contributed by atoms with Crippen LogP contribution in [0, 0.1) is 0 Å². The van der Waals surface area contributed by atoms with Gasteiger partial charge in [0, 0.05) is 18.0 Å². The van der Waals surface area contributed by atoms with Crippen molar-refractivity contribution in [3.8, 4) is 16.8 Å². The molecule has 0 spiro atoms. The van der Waals surface area contributed by atoms with Crippen LogP contribution < -0.4 is 5.73 Å². The minimum Gasteiger partial charge on any atom is -0.478 e. The minimum atomic E-state index is -0.954. The second-order valence-electron chi connectivity index (χ2n) is 4.54. The van der Waals surface area contributed by atoms with Crippen LogP contribution in [0.15, 0.2) is 55.1 Å². The Bertz CT molecular complexity index is 811. The molecule has 0 atom stereocenters. The molecule has 21 heavy (non-hydrogen) atoms. The number of nitrogens with two attached hydrogens (primary N) is 1. The normalized spacial score (nSPS) is 10.5. The molecule has 0 aliphatic heterocycles. The Morgan fingerprint density at radius 1 is 1.14 bits per heavy atom. The molecule has 6 heteroatoms. The van der Waals surface area contributed by atoms with Gasteiger partial charge < -0.3 is 10.8 Å². The van der Waals surface area contributed by atoms with E-state index in [1.54, 1.807) is 53.7 Å². The monoisotopic (exact) mass is 280 g/mol. The summed E-state index contributed by atoms with van der Waals surface area (Å²) in [5, 5.41) is 13.3. The number of pyridine rings is 1. The van der Waals surface area contributed by atoms with Gasteiger partial charge in [-0.15, -0.1) is 0 Å². The fraction of sp³-hybridized carbons (Fsp3) is 0.